The van der Waals surface area contributed by atoms with Gasteiger partial charge in [0.2, 0.25) is 5.89 Å². The molecule has 0 aliphatic rings. The Balaban J connectivity index is 2.28. The minimum Gasteiger partial charge on any atom is -0.444 e. The van der Waals surface area contributed by atoms with Crippen LogP contribution in [0.25, 0.3) is 0 Å². The number of oxazole rings is 1. The molecule has 0 bridgehead atoms. The third kappa shape index (κ3) is 4.33. The summed E-state index contributed by atoms with van der Waals surface area (Å²) in [6, 6.07) is 0.481. The molecular formula is C12H23N3O. The molecule has 1 aromatic rings. The first-order valence-corrected chi connectivity index (χ1v) is 5.80. The topological polar surface area (TPSA) is 41.3 Å². The summed E-state index contributed by atoms with van der Waals surface area (Å²) < 4.78 is 5.51. The Bertz CT molecular complexity index is 301. The maximum Gasteiger partial charge on any atom is 0.208 e. The molecule has 1 rings (SSSR count). The molecule has 0 fully saturated rings. The Morgan fingerprint density at radius 2 is 2.06 bits per heavy atom. The van der Waals surface area contributed by atoms with Crippen molar-refractivity contribution in [1.82, 2.24) is 15.2 Å². The van der Waals surface area contributed by atoms with Crippen LogP contribution in [0.5, 0.6) is 0 Å². The van der Waals surface area contributed by atoms with Crippen molar-refractivity contribution in [2.75, 3.05) is 20.6 Å². The number of rotatable bonds is 6. The first-order valence-electron chi connectivity index (χ1n) is 5.80. The van der Waals surface area contributed by atoms with Gasteiger partial charge in [0, 0.05) is 6.04 Å². The Hall–Kier alpha value is -0.870. The Morgan fingerprint density at radius 1 is 1.38 bits per heavy atom. The second-order valence-corrected chi connectivity index (χ2v) is 4.62. The van der Waals surface area contributed by atoms with Gasteiger partial charge in [-0.05, 0) is 47.8 Å². The number of aromatic nitrogens is 1. The summed E-state index contributed by atoms with van der Waals surface area (Å²) in [5.74, 6) is 1.70. The van der Waals surface area contributed by atoms with E-state index in [9.17, 15) is 0 Å². The fraction of sp³-hybridized carbons (Fsp3) is 0.750. The third-order valence-corrected chi connectivity index (χ3v) is 2.68. The van der Waals surface area contributed by atoms with Crippen molar-refractivity contribution in [2.24, 2.45) is 0 Å². The quantitative estimate of drug-likeness (QED) is 0.800. The lowest BCUT2D eigenvalue weighted by molar-refractivity contribution is 0.355. The van der Waals surface area contributed by atoms with Gasteiger partial charge < -0.3 is 14.6 Å². The van der Waals surface area contributed by atoms with Crippen molar-refractivity contribution in [3.8, 4) is 0 Å². The lowest BCUT2D eigenvalue weighted by atomic mass is 10.2. The van der Waals surface area contributed by atoms with E-state index in [1.807, 2.05) is 13.8 Å². The van der Waals surface area contributed by atoms with E-state index >= 15 is 0 Å². The van der Waals surface area contributed by atoms with Gasteiger partial charge in [0.05, 0.1) is 12.2 Å². The van der Waals surface area contributed by atoms with Gasteiger partial charge in [-0.1, -0.05) is 0 Å². The number of hydrogen-bond acceptors (Lipinski definition) is 4. The molecular weight excluding hydrogens is 202 g/mol. The van der Waals surface area contributed by atoms with Crippen LogP contribution in [0.4, 0.5) is 0 Å². The van der Waals surface area contributed by atoms with E-state index in [0.29, 0.717) is 12.6 Å². The molecule has 4 nitrogen and oxygen atoms in total. The van der Waals surface area contributed by atoms with Crippen molar-refractivity contribution in [1.29, 1.82) is 0 Å². The summed E-state index contributed by atoms with van der Waals surface area (Å²) in [5.41, 5.74) is 0.984. The van der Waals surface area contributed by atoms with Crippen LogP contribution in [0.1, 0.15) is 30.7 Å². The molecule has 16 heavy (non-hydrogen) atoms. The van der Waals surface area contributed by atoms with Crippen LogP contribution in [-0.4, -0.2) is 36.6 Å². The normalized spacial score (nSPS) is 13.4. The second-order valence-electron chi connectivity index (χ2n) is 4.62. The average Bonchev–Trinajstić information content (AvgIpc) is 2.52. The van der Waals surface area contributed by atoms with Crippen LogP contribution in [0.2, 0.25) is 0 Å². The van der Waals surface area contributed by atoms with E-state index < -0.39 is 0 Å². The third-order valence-electron chi connectivity index (χ3n) is 2.68. The Kier molecular flexibility index (Phi) is 4.96. The van der Waals surface area contributed by atoms with Gasteiger partial charge in [-0.2, -0.15) is 0 Å². The summed E-state index contributed by atoms with van der Waals surface area (Å²) >= 11 is 0. The van der Waals surface area contributed by atoms with Crippen LogP contribution in [0, 0.1) is 13.8 Å². The number of hydrogen-bond donors (Lipinski definition) is 1. The lowest BCUT2D eigenvalue weighted by Gasteiger charge is -2.15. The molecule has 0 aliphatic carbocycles. The zero-order chi connectivity index (χ0) is 12.1. The largest absolute Gasteiger partial charge is 0.444 e. The van der Waals surface area contributed by atoms with Crippen LogP contribution < -0.4 is 5.32 Å². The van der Waals surface area contributed by atoms with Crippen LogP contribution >= 0.6 is 0 Å². The van der Waals surface area contributed by atoms with E-state index in [-0.39, 0.29) is 0 Å². The van der Waals surface area contributed by atoms with Gasteiger partial charge >= 0.3 is 0 Å². The molecule has 1 atom stereocenters. The molecule has 4 heteroatoms. The van der Waals surface area contributed by atoms with E-state index in [2.05, 4.69) is 36.2 Å². The van der Waals surface area contributed by atoms with Crippen molar-refractivity contribution >= 4 is 0 Å². The Morgan fingerprint density at radius 3 is 2.56 bits per heavy atom. The highest BCUT2D eigenvalue weighted by atomic mass is 16.4. The van der Waals surface area contributed by atoms with E-state index in [4.69, 9.17) is 4.42 Å². The molecule has 92 valence electrons. The van der Waals surface area contributed by atoms with Crippen molar-refractivity contribution in [3.63, 3.8) is 0 Å². The van der Waals surface area contributed by atoms with Gasteiger partial charge in [-0.25, -0.2) is 4.98 Å². The maximum atomic E-state index is 5.51. The predicted molar refractivity (Wildman–Crippen MR) is 65.4 cm³/mol. The summed E-state index contributed by atoms with van der Waals surface area (Å²) in [4.78, 5) is 6.53. The zero-order valence-electron chi connectivity index (χ0n) is 11.0. The van der Waals surface area contributed by atoms with Crippen LogP contribution in [-0.2, 0) is 6.54 Å². The lowest BCUT2D eigenvalue weighted by Crippen LogP contribution is -2.29. The standard InChI is InChI=1S/C12H23N3O/c1-9(6-7-15(4)5)13-8-12-14-10(2)11(3)16-12/h9,13H,6-8H2,1-5H3. The van der Waals surface area contributed by atoms with E-state index in [1.165, 1.54) is 0 Å². The second kappa shape index (κ2) is 6.01. The number of nitrogens with one attached hydrogen (secondary N) is 1. The summed E-state index contributed by atoms with van der Waals surface area (Å²) in [6.45, 7) is 7.91. The molecule has 1 aromatic heterocycles. The number of nitrogens with zero attached hydrogens (tertiary/aromatic N) is 2. The van der Waals surface area contributed by atoms with E-state index in [1.54, 1.807) is 0 Å². The number of aryl methyl sites for hydroxylation is 2. The molecule has 0 spiro atoms. The van der Waals surface area contributed by atoms with E-state index in [0.717, 1.165) is 30.3 Å². The molecule has 0 aromatic carbocycles. The average molecular weight is 225 g/mol. The summed E-state index contributed by atoms with van der Waals surface area (Å²) in [6.07, 6.45) is 1.13. The molecule has 0 saturated heterocycles. The van der Waals surface area contributed by atoms with Crippen molar-refractivity contribution in [2.45, 2.75) is 39.8 Å². The van der Waals surface area contributed by atoms with Crippen LogP contribution in [0.15, 0.2) is 4.42 Å². The van der Waals surface area contributed by atoms with Crippen molar-refractivity contribution < 1.29 is 4.42 Å². The van der Waals surface area contributed by atoms with Gasteiger partial charge in [0.1, 0.15) is 5.76 Å². The molecule has 1 heterocycles. The first kappa shape index (κ1) is 13.2. The Labute approximate surface area is 98.0 Å². The molecule has 1 N–H and O–H groups in total. The van der Waals surface area contributed by atoms with Crippen molar-refractivity contribution in [3.05, 3.63) is 17.3 Å². The smallest absolute Gasteiger partial charge is 0.208 e. The van der Waals surface area contributed by atoms with Crippen LogP contribution in [0.3, 0.4) is 0 Å². The van der Waals surface area contributed by atoms with Gasteiger partial charge in [-0.15, -0.1) is 0 Å². The minimum atomic E-state index is 0.481. The van der Waals surface area contributed by atoms with Gasteiger partial charge in [0.25, 0.3) is 0 Å². The predicted octanol–water partition coefficient (Wildman–Crippen LogP) is 1.72. The monoisotopic (exact) mass is 225 g/mol. The highest BCUT2D eigenvalue weighted by Crippen LogP contribution is 2.08. The fourth-order valence-electron chi connectivity index (χ4n) is 1.43. The highest BCUT2D eigenvalue weighted by Gasteiger charge is 2.07. The summed E-state index contributed by atoms with van der Waals surface area (Å²) in [7, 11) is 4.18. The first-order chi connectivity index (χ1) is 7.49. The zero-order valence-corrected chi connectivity index (χ0v) is 11.0. The SMILES string of the molecule is Cc1nc(CNC(C)CCN(C)C)oc1C. The molecule has 0 saturated carbocycles. The molecule has 0 radical (unpaired) electrons. The van der Waals surface area contributed by atoms with Gasteiger partial charge in [-0.3, -0.25) is 0 Å². The molecule has 0 aliphatic heterocycles. The molecule has 0 amide bonds. The summed E-state index contributed by atoms with van der Waals surface area (Å²) in [5, 5.41) is 3.41. The maximum absolute atomic E-state index is 5.51. The minimum absolute atomic E-state index is 0.481. The molecule has 1 unspecified atom stereocenters. The van der Waals surface area contributed by atoms with Gasteiger partial charge in [0.15, 0.2) is 0 Å². The fourth-order valence-corrected chi connectivity index (χ4v) is 1.43. The highest BCUT2D eigenvalue weighted by molar-refractivity contribution is 5.05.